The van der Waals surface area contributed by atoms with E-state index in [4.69, 9.17) is 16.3 Å². The predicted octanol–water partition coefficient (Wildman–Crippen LogP) is 6.25. The third kappa shape index (κ3) is 3.95. The number of rotatable bonds is 4. The van der Waals surface area contributed by atoms with Crippen molar-refractivity contribution in [3.8, 4) is 11.5 Å². The lowest BCUT2D eigenvalue weighted by molar-refractivity contribution is -0.131. The van der Waals surface area contributed by atoms with Gasteiger partial charge in [-0.25, -0.2) is 4.90 Å². The summed E-state index contributed by atoms with van der Waals surface area (Å²) in [4.78, 5) is 59.1. The van der Waals surface area contributed by atoms with Crippen LogP contribution in [0, 0.1) is 29.1 Å². The molecular weight excluding hydrogens is 648 g/mol. The topological polar surface area (TPSA) is 104 Å². The minimum absolute atomic E-state index is 0.139. The highest BCUT2D eigenvalue weighted by molar-refractivity contribution is 9.10. The van der Waals surface area contributed by atoms with Gasteiger partial charge in [0.05, 0.1) is 41.7 Å². The largest absolute Gasteiger partial charge is 0.504 e. The molecule has 6 atom stereocenters. The Balaban J connectivity index is 1.40. The first-order chi connectivity index (χ1) is 21.1. The number of fused-ring (bicyclic) bond motifs is 4. The van der Waals surface area contributed by atoms with Crippen molar-refractivity contribution in [1.29, 1.82) is 0 Å². The first-order valence-electron chi connectivity index (χ1n) is 14.4. The Labute approximate surface area is 267 Å². The SMILES string of the molecule is COc1cc(Br)cc(C2C3=CCC4C(=O)N(c5ccc(Cl)cc5)C(=O)C4C3CC3C(=O)N(c4ccccc4)C(=O)C32C)c1O. The van der Waals surface area contributed by atoms with Crippen molar-refractivity contribution in [2.45, 2.75) is 25.7 Å². The fourth-order valence-electron chi connectivity index (χ4n) is 8.00. The van der Waals surface area contributed by atoms with Gasteiger partial charge >= 0.3 is 0 Å². The molecule has 2 saturated heterocycles. The van der Waals surface area contributed by atoms with Crippen LogP contribution in [-0.2, 0) is 19.2 Å². The van der Waals surface area contributed by atoms with Crippen molar-refractivity contribution in [2.24, 2.45) is 29.1 Å². The highest BCUT2D eigenvalue weighted by atomic mass is 79.9. The summed E-state index contributed by atoms with van der Waals surface area (Å²) in [5.41, 5.74) is 0.807. The molecule has 1 saturated carbocycles. The Kier molecular flexibility index (Phi) is 6.75. The molecule has 2 aliphatic carbocycles. The van der Waals surface area contributed by atoms with Gasteiger partial charge in [0.15, 0.2) is 11.5 Å². The van der Waals surface area contributed by atoms with Crippen molar-refractivity contribution in [2.75, 3.05) is 16.9 Å². The standard InChI is InChI=1S/C34H28BrClN2O6/c1-34-25(31(41)38(33(34)43)19-6-4-3-5-7-19)16-23-21(28(34)24-14-17(35)15-26(44-2)29(24)39)12-13-22-27(23)32(42)37(30(22)40)20-10-8-18(36)9-11-20/h3-12,14-15,22-23,25,27-28,39H,13,16H2,1-2H3. The summed E-state index contributed by atoms with van der Waals surface area (Å²) >= 11 is 9.60. The maximum absolute atomic E-state index is 14.5. The van der Waals surface area contributed by atoms with E-state index in [0.29, 0.717) is 32.9 Å². The second-order valence-corrected chi connectivity index (χ2v) is 13.4. The maximum atomic E-state index is 14.5. The number of aromatic hydroxyl groups is 1. The highest BCUT2D eigenvalue weighted by Gasteiger charge is 2.68. The van der Waals surface area contributed by atoms with Crippen LogP contribution in [0.4, 0.5) is 11.4 Å². The van der Waals surface area contributed by atoms with Crippen LogP contribution in [0.1, 0.15) is 31.2 Å². The van der Waals surface area contributed by atoms with Gasteiger partial charge in [-0.15, -0.1) is 0 Å². The number of phenols is 1. The smallest absolute Gasteiger partial charge is 0.241 e. The van der Waals surface area contributed by atoms with Crippen molar-refractivity contribution in [1.82, 2.24) is 0 Å². The van der Waals surface area contributed by atoms with Gasteiger partial charge in [0.2, 0.25) is 23.6 Å². The van der Waals surface area contributed by atoms with E-state index >= 15 is 0 Å². The second kappa shape index (κ2) is 10.3. The van der Waals surface area contributed by atoms with E-state index in [-0.39, 0.29) is 41.5 Å². The Morgan fingerprint density at radius 3 is 2.27 bits per heavy atom. The van der Waals surface area contributed by atoms with Crippen LogP contribution in [-0.4, -0.2) is 35.8 Å². The number of imide groups is 2. The molecule has 44 heavy (non-hydrogen) atoms. The molecule has 6 unspecified atom stereocenters. The fourth-order valence-corrected chi connectivity index (χ4v) is 8.58. The number of allylic oxidation sites excluding steroid dienone is 2. The zero-order valence-electron chi connectivity index (χ0n) is 23.9. The third-order valence-electron chi connectivity index (χ3n) is 9.97. The number of nitrogens with zero attached hydrogens (tertiary/aromatic N) is 2. The van der Waals surface area contributed by atoms with Gasteiger partial charge in [0, 0.05) is 21.0 Å². The number of para-hydroxylation sites is 1. The lowest BCUT2D eigenvalue weighted by Crippen LogP contribution is -2.49. The van der Waals surface area contributed by atoms with Gasteiger partial charge in [-0.2, -0.15) is 0 Å². The Morgan fingerprint density at radius 1 is 0.909 bits per heavy atom. The average Bonchev–Trinajstić information content (AvgIpc) is 3.38. The van der Waals surface area contributed by atoms with Gasteiger partial charge in [-0.05, 0) is 74.2 Å². The van der Waals surface area contributed by atoms with Crippen LogP contribution >= 0.6 is 27.5 Å². The van der Waals surface area contributed by atoms with Gasteiger partial charge in [-0.1, -0.05) is 57.4 Å². The van der Waals surface area contributed by atoms with Gasteiger partial charge in [-0.3, -0.25) is 24.1 Å². The molecule has 10 heteroatoms. The number of carbonyl (C=O) groups excluding carboxylic acids is 4. The molecular formula is C34H28BrClN2O6. The molecule has 0 spiro atoms. The number of methoxy groups -OCH3 is 1. The molecule has 7 rings (SSSR count). The van der Waals surface area contributed by atoms with Gasteiger partial charge in [0.25, 0.3) is 0 Å². The normalized spacial score (nSPS) is 29.4. The number of benzene rings is 3. The number of hydrogen-bond acceptors (Lipinski definition) is 6. The molecule has 1 N–H and O–H groups in total. The minimum Gasteiger partial charge on any atom is -0.504 e. The zero-order chi connectivity index (χ0) is 31.1. The average molecular weight is 676 g/mol. The first kappa shape index (κ1) is 28.8. The van der Waals surface area contributed by atoms with Crippen LogP contribution in [0.15, 0.2) is 82.9 Å². The number of phenolic OH excluding ortho intramolecular Hbond substituents is 1. The lowest BCUT2D eigenvalue weighted by atomic mass is 9.51. The van der Waals surface area contributed by atoms with Crippen LogP contribution < -0.4 is 14.5 Å². The molecule has 4 amide bonds. The van der Waals surface area contributed by atoms with E-state index in [0.717, 1.165) is 5.57 Å². The number of hydrogen-bond donors (Lipinski definition) is 1. The summed E-state index contributed by atoms with van der Waals surface area (Å²) in [6.07, 6.45) is 2.45. The monoisotopic (exact) mass is 674 g/mol. The van der Waals surface area contributed by atoms with E-state index in [1.807, 2.05) is 12.1 Å². The predicted molar refractivity (Wildman–Crippen MR) is 167 cm³/mol. The van der Waals surface area contributed by atoms with E-state index in [1.165, 1.54) is 16.9 Å². The quantitative estimate of drug-likeness (QED) is 0.259. The summed E-state index contributed by atoms with van der Waals surface area (Å²) in [6, 6.07) is 18.7. The summed E-state index contributed by atoms with van der Waals surface area (Å²) in [6.45, 7) is 1.78. The number of amides is 4. The van der Waals surface area contributed by atoms with Crippen LogP contribution in [0.2, 0.25) is 5.02 Å². The second-order valence-electron chi connectivity index (χ2n) is 12.0. The minimum atomic E-state index is -1.28. The summed E-state index contributed by atoms with van der Waals surface area (Å²) in [5.74, 6) is -4.72. The van der Waals surface area contributed by atoms with Crippen molar-refractivity contribution in [3.63, 3.8) is 0 Å². The van der Waals surface area contributed by atoms with Crippen molar-refractivity contribution < 1.29 is 29.0 Å². The number of halogens is 2. The van der Waals surface area contributed by atoms with Crippen LogP contribution in [0.25, 0.3) is 0 Å². The fraction of sp³-hybridized carbons (Fsp3) is 0.294. The first-order valence-corrected chi connectivity index (χ1v) is 15.6. The van der Waals surface area contributed by atoms with E-state index in [9.17, 15) is 24.3 Å². The highest BCUT2D eigenvalue weighted by Crippen LogP contribution is 2.65. The summed E-state index contributed by atoms with van der Waals surface area (Å²) in [7, 11) is 1.44. The molecule has 0 radical (unpaired) electrons. The summed E-state index contributed by atoms with van der Waals surface area (Å²) < 4.78 is 6.09. The molecule has 8 nitrogen and oxygen atoms in total. The Morgan fingerprint density at radius 2 is 1.59 bits per heavy atom. The van der Waals surface area contributed by atoms with Crippen LogP contribution in [0.5, 0.6) is 11.5 Å². The van der Waals surface area contributed by atoms with E-state index in [2.05, 4.69) is 15.9 Å². The van der Waals surface area contributed by atoms with Crippen molar-refractivity contribution >= 4 is 62.5 Å². The molecule has 4 aliphatic rings. The van der Waals surface area contributed by atoms with Gasteiger partial charge in [0.1, 0.15) is 0 Å². The molecule has 2 heterocycles. The summed E-state index contributed by atoms with van der Waals surface area (Å²) in [5, 5.41) is 12.0. The molecule has 3 aromatic carbocycles. The lowest BCUT2D eigenvalue weighted by Gasteiger charge is -2.49. The molecule has 224 valence electrons. The Hall–Kier alpha value is -3.95. The molecule has 3 aromatic rings. The number of ether oxygens (including phenoxy) is 1. The molecule has 0 aromatic heterocycles. The van der Waals surface area contributed by atoms with E-state index < -0.39 is 35.0 Å². The Bertz CT molecular complexity index is 1780. The third-order valence-corrected chi connectivity index (χ3v) is 10.7. The number of carbonyl (C=O) groups is 4. The van der Waals surface area contributed by atoms with E-state index in [1.54, 1.807) is 67.6 Å². The number of anilines is 2. The molecule has 2 aliphatic heterocycles. The molecule has 0 bridgehead atoms. The van der Waals surface area contributed by atoms with Gasteiger partial charge < -0.3 is 9.84 Å². The maximum Gasteiger partial charge on any atom is 0.241 e. The molecule has 3 fully saturated rings. The van der Waals surface area contributed by atoms with Crippen molar-refractivity contribution in [3.05, 3.63) is 93.4 Å². The zero-order valence-corrected chi connectivity index (χ0v) is 26.2. The van der Waals surface area contributed by atoms with Crippen LogP contribution in [0.3, 0.4) is 0 Å².